The van der Waals surface area contributed by atoms with E-state index in [0.717, 1.165) is 31.2 Å². The SMILES string of the molecule is CCc1ccc2oc(C(=O)Nc3ccc(S(=O)(=O)N4CCCC[C@H]4C)cc3)cc(=O)c2c1. The van der Waals surface area contributed by atoms with E-state index in [-0.39, 0.29) is 22.1 Å². The topological polar surface area (TPSA) is 96.7 Å². The molecule has 4 rings (SSSR count). The number of anilines is 1. The molecule has 1 aliphatic rings. The molecule has 7 nitrogen and oxygen atoms in total. The summed E-state index contributed by atoms with van der Waals surface area (Å²) in [6.45, 7) is 4.43. The minimum absolute atomic E-state index is 0.0302. The number of fused-ring (bicyclic) bond motifs is 1. The molecule has 0 aliphatic carbocycles. The minimum Gasteiger partial charge on any atom is -0.451 e. The molecule has 0 radical (unpaired) electrons. The molecule has 1 aliphatic heterocycles. The molecule has 168 valence electrons. The van der Waals surface area contributed by atoms with Gasteiger partial charge < -0.3 is 9.73 Å². The van der Waals surface area contributed by atoms with Gasteiger partial charge in [-0.05, 0) is 68.1 Å². The molecule has 2 heterocycles. The van der Waals surface area contributed by atoms with E-state index in [4.69, 9.17) is 4.42 Å². The van der Waals surface area contributed by atoms with E-state index in [1.54, 1.807) is 12.1 Å². The number of hydrogen-bond acceptors (Lipinski definition) is 5. The Kier molecular flexibility index (Phi) is 6.17. The van der Waals surface area contributed by atoms with Gasteiger partial charge >= 0.3 is 0 Å². The van der Waals surface area contributed by atoms with Gasteiger partial charge in [0.15, 0.2) is 11.2 Å². The Labute approximate surface area is 187 Å². The number of carbonyl (C=O) groups is 1. The molecule has 32 heavy (non-hydrogen) atoms. The van der Waals surface area contributed by atoms with Crippen molar-refractivity contribution in [2.75, 3.05) is 11.9 Å². The Morgan fingerprint density at radius 3 is 2.56 bits per heavy atom. The predicted molar refractivity (Wildman–Crippen MR) is 123 cm³/mol. The van der Waals surface area contributed by atoms with Crippen LogP contribution in [0, 0.1) is 0 Å². The van der Waals surface area contributed by atoms with Crippen molar-refractivity contribution in [2.45, 2.75) is 50.5 Å². The van der Waals surface area contributed by atoms with E-state index in [1.165, 1.54) is 34.6 Å². The highest BCUT2D eigenvalue weighted by molar-refractivity contribution is 7.89. The Balaban J connectivity index is 1.53. The molecule has 2 aromatic carbocycles. The van der Waals surface area contributed by atoms with Gasteiger partial charge in [-0.25, -0.2) is 8.42 Å². The van der Waals surface area contributed by atoms with Crippen LogP contribution in [0.15, 0.2) is 62.6 Å². The third-order valence-corrected chi connectivity index (χ3v) is 7.91. The first-order valence-corrected chi connectivity index (χ1v) is 12.2. The lowest BCUT2D eigenvalue weighted by molar-refractivity contribution is 0.0997. The van der Waals surface area contributed by atoms with E-state index in [9.17, 15) is 18.0 Å². The fraction of sp³-hybridized carbons (Fsp3) is 0.333. The van der Waals surface area contributed by atoms with Crippen LogP contribution in [0.4, 0.5) is 5.69 Å². The summed E-state index contributed by atoms with van der Waals surface area (Å²) in [7, 11) is -3.58. The average Bonchev–Trinajstić information content (AvgIpc) is 2.79. The second-order valence-corrected chi connectivity index (χ2v) is 9.99. The highest BCUT2D eigenvalue weighted by Gasteiger charge is 2.30. The van der Waals surface area contributed by atoms with Crippen LogP contribution in [-0.4, -0.2) is 31.2 Å². The van der Waals surface area contributed by atoms with Crippen LogP contribution >= 0.6 is 0 Å². The lowest BCUT2D eigenvalue weighted by Gasteiger charge is -2.32. The summed E-state index contributed by atoms with van der Waals surface area (Å²) in [5.74, 6) is -0.686. The van der Waals surface area contributed by atoms with Crippen LogP contribution in [0.25, 0.3) is 11.0 Å². The summed E-state index contributed by atoms with van der Waals surface area (Å²) in [6.07, 6.45) is 3.53. The Bertz CT molecular complexity index is 1310. The number of aryl methyl sites for hydroxylation is 1. The number of amides is 1. The molecular formula is C24H26N2O5S. The highest BCUT2D eigenvalue weighted by Crippen LogP contribution is 2.26. The van der Waals surface area contributed by atoms with Gasteiger partial charge in [0.1, 0.15) is 5.58 Å². The van der Waals surface area contributed by atoms with E-state index in [1.807, 2.05) is 19.9 Å². The summed E-state index contributed by atoms with van der Waals surface area (Å²) in [5, 5.41) is 3.09. The summed E-state index contributed by atoms with van der Waals surface area (Å²) in [4.78, 5) is 25.3. The van der Waals surface area contributed by atoms with Crippen molar-refractivity contribution in [2.24, 2.45) is 0 Å². The van der Waals surface area contributed by atoms with Crippen LogP contribution in [0.3, 0.4) is 0 Å². The zero-order chi connectivity index (χ0) is 22.9. The second kappa shape index (κ2) is 8.88. The molecule has 1 fully saturated rings. The molecule has 3 aromatic rings. The van der Waals surface area contributed by atoms with Crippen LogP contribution < -0.4 is 10.7 Å². The summed E-state index contributed by atoms with van der Waals surface area (Å²) in [5.41, 5.74) is 1.47. The number of benzene rings is 2. The first-order valence-electron chi connectivity index (χ1n) is 10.8. The number of sulfonamides is 1. The molecular weight excluding hydrogens is 428 g/mol. The first-order chi connectivity index (χ1) is 15.3. The number of carbonyl (C=O) groups excluding carboxylic acids is 1. The van der Waals surface area contributed by atoms with Gasteiger partial charge in [0.25, 0.3) is 5.91 Å². The molecule has 1 saturated heterocycles. The monoisotopic (exact) mass is 454 g/mol. The maximum absolute atomic E-state index is 12.9. The lowest BCUT2D eigenvalue weighted by Crippen LogP contribution is -2.41. The maximum atomic E-state index is 12.9. The number of hydrogen-bond donors (Lipinski definition) is 1. The maximum Gasteiger partial charge on any atom is 0.291 e. The largest absolute Gasteiger partial charge is 0.451 e. The van der Waals surface area contributed by atoms with Crippen molar-refractivity contribution < 1.29 is 17.6 Å². The first kappa shape index (κ1) is 22.2. The smallest absolute Gasteiger partial charge is 0.291 e. The van der Waals surface area contributed by atoms with Gasteiger partial charge in [-0.3, -0.25) is 9.59 Å². The number of piperidine rings is 1. The van der Waals surface area contributed by atoms with E-state index < -0.39 is 15.9 Å². The summed E-state index contributed by atoms with van der Waals surface area (Å²) < 4.78 is 33.1. The predicted octanol–water partition coefficient (Wildman–Crippen LogP) is 4.17. The van der Waals surface area contributed by atoms with Gasteiger partial charge in [0.05, 0.1) is 10.3 Å². The number of nitrogens with one attached hydrogen (secondary N) is 1. The third kappa shape index (κ3) is 4.33. The van der Waals surface area contributed by atoms with E-state index >= 15 is 0 Å². The van der Waals surface area contributed by atoms with Crippen molar-refractivity contribution in [3.05, 3.63) is 70.1 Å². The molecule has 0 unspecified atom stereocenters. The second-order valence-electron chi connectivity index (χ2n) is 8.10. The van der Waals surface area contributed by atoms with Crippen molar-refractivity contribution in [1.29, 1.82) is 0 Å². The number of rotatable bonds is 5. The standard InChI is InChI=1S/C24H26N2O5S/c1-3-17-7-12-22-20(14-17)21(27)15-23(31-22)24(28)25-18-8-10-19(11-9-18)32(29,30)26-13-5-4-6-16(26)2/h7-12,14-16H,3-6,13H2,1-2H3,(H,25,28)/t16-/m1/s1. The van der Waals surface area contributed by atoms with Crippen LogP contribution in [0.2, 0.25) is 0 Å². The Morgan fingerprint density at radius 1 is 1.12 bits per heavy atom. The number of nitrogens with zero attached hydrogens (tertiary/aromatic N) is 1. The molecule has 0 saturated carbocycles. The van der Waals surface area contributed by atoms with Crippen LogP contribution in [-0.2, 0) is 16.4 Å². The van der Waals surface area contributed by atoms with Gasteiger partial charge in [-0.1, -0.05) is 19.4 Å². The molecule has 1 N–H and O–H groups in total. The minimum atomic E-state index is -3.58. The van der Waals surface area contributed by atoms with E-state index in [2.05, 4.69) is 5.32 Å². The molecule has 1 amide bonds. The Morgan fingerprint density at radius 2 is 1.88 bits per heavy atom. The quantitative estimate of drug-likeness (QED) is 0.624. The Hall–Kier alpha value is -2.97. The molecule has 8 heteroatoms. The molecule has 0 bridgehead atoms. The van der Waals surface area contributed by atoms with Gasteiger partial charge in [0, 0.05) is 24.3 Å². The summed E-state index contributed by atoms with van der Waals surface area (Å²) >= 11 is 0. The van der Waals surface area contributed by atoms with Crippen LogP contribution in [0.5, 0.6) is 0 Å². The highest BCUT2D eigenvalue weighted by atomic mass is 32.2. The fourth-order valence-corrected chi connectivity index (χ4v) is 5.70. The van der Waals surface area contributed by atoms with Gasteiger partial charge in [-0.2, -0.15) is 4.31 Å². The van der Waals surface area contributed by atoms with Crippen molar-refractivity contribution in [3.63, 3.8) is 0 Å². The lowest BCUT2D eigenvalue weighted by atomic mass is 10.1. The fourth-order valence-electron chi connectivity index (χ4n) is 4.00. The van der Waals surface area contributed by atoms with Gasteiger partial charge in [0.2, 0.25) is 10.0 Å². The van der Waals surface area contributed by atoms with E-state index in [0.29, 0.717) is 23.2 Å². The molecule has 1 atom stereocenters. The normalized spacial score (nSPS) is 17.4. The van der Waals surface area contributed by atoms with Crippen molar-refractivity contribution in [1.82, 2.24) is 4.31 Å². The van der Waals surface area contributed by atoms with Crippen molar-refractivity contribution in [3.8, 4) is 0 Å². The van der Waals surface area contributed by atoms with Crippen LogP contribution in [0.1, 0.15) is 49.2 Å². The zero-order valence-corrected chi connectivity index (χ0v) is 18.9. The summed E-state index contributed by atoms with van der Waals surface area (Å²) in [6, 6.07) is 12.5. The zero-order valence-electron chi connectivity index (χ0n) is 18.1. The molecule has 0 spiro atoms. The molecule has 1 aromatic heterocycles. The van der Waals surface area contributed by atoms with Crippen molar-refractivity contribution >= 4 is 32.6 Å². The average molecular weight is 455 g/mol. The van der Waals surface area contributed by atoms with Gasteiger partial charge in [-0.15, -0.1) is 0 Å². The third-order valence-electron chi connectivity index (χ3n) is 5.88.